The molecule has 1 unspecified atom stereocenters. The summed E-state index contributed by atoms with van der Waals surface area (Å²) in [6, 6.07) is 10.6. The first kappa shape index (κ1) is 13.1. The van der Waals surface area contributed by atoms with Crippen molar-refractivity contribution < 1.29 is 0 Å². The Hall–Kier alpha value is -0.990. The van der Waals surface area contributed by atoms with Crippen LogP contribution in [0.25, 0.3) is 0 Å². The van der Waals surface area contributed by atoms with Crippen LogP contribution in [0.4, 0.5) is 0 Å². The maximum atomic E-state index is 5.82. The van der Waals surface area contributed by atoms with E-state index in [2.05, 4.69) is 28.6 Å². The highest BCUT2D eigenvalue weighted by Crippen LogP contribution is 2.19. The second-order valence-corrected chi connectivity index (χ2v) is 3.74. The van der Waals surface area contributed by atoms with Crippen LogP contribution in [-0.4, -0.2) is 9.55 Å². The van der Waals surface area contributed by atoms with E-state index in [1.54, 1.807) is 6.20 Å². The minimum absolute atomic E-state index is 0. The molecule has 0 saturated carbocycles. The Morgan fingerprint density at radius 1 is 1.31 bits per heavy atom. The Kier molecular flexibility index (Phi) is 4.84. The Morgan fingerprint density at radius 2 is 2.00 bits per heavy atom. The Bertz CT molecular complexity index is 426. The van der Waals surface area contributed by atoms with E-state index in [9.17, 15) is 0 Å². The van der Waals surface area contributed by atoms with Crippen molar-refractivity contribution in [1.82, 2.24) is 9.55 Å². The van der Waals surface area contributed by atoms with Gasteiger partial charge in [0.25, 0.3) is 0 Å². The van der Waals surface area contributed by atoms with Crippen LogP contribution in [-0.2, 0) is 5.88 Å². The van der Waals surface area contributed by atoms with Gasteiger partial charge in [0.1, 0.15) is 5.82 Å². The maximum Gasteiger partial charge on any atom is 0.124 e. The lowest BCUT2D eigenvalue weighted by Gasteiger charge is -2.15. The van der Waals surface area contributed by atoms with Crippen LogP contribution in [0.1, 0.15) is 24.4 Å². The van der Waals surface area contributed by atoms with Crippen molar-refractivity contribution in [2.45, 2.75) is 18.8 Å². The van der Waals surface area contributed by atoms with Crippen molar-refractivity contribution >= 4 is 24.0 Å². The van der Waals surface area contributed by atoms with E-state index >= 15 is 0 Å². The highest BCUT2D eigenvalue weighted by molar-refractivity contribution is 6.16. The SMILES string of the molecule is CC(c1ccccc1)n1ccnc1CCl.Cl. The Labute approximate surface area is 107 Å². The van der Waals surface area contributed by atoms with E-state index in [4.69, 9.17) is 11.6 Å². The zero-order chi connectivity index (χ0) is 10.7. The summed E-state index contributed by atoms with van der Waals surface area (Å²) in [6.07, 6.45) is 3.76. The van der Waals surface area contributed by atoms with E-state index in [-0.39, 0.29) is 18.4 Å². The van der Waals surface area contributed by atoms with Gasteiger partial charge >= 0.3 is 0 Å². The number of hydrogen-bond donors (Lipinski definition) is 0. The standard InChI is InChI=1S/C12H13ClN2.ClH/c1-10(11-5-3-2-4-6-11)15-8-7-14-12(15)9-13;/h2-8,10H,9H2,1H3;1H. The Balaban J connectivity index is 0.00000128. The molecule has 1 aromatic carbocycles. The third kappa shape index (κ3) is 2.57. The van der Waals surface area contributed by atoms with Crippen molar-refractivity contribution in [3.63, 3.8) is 0 Å². The molecule has 1 atom stereocenters. The molecule has 0 aliphatic heterocycles. The van der Waals surface area contributed by atoms with E-state index in [1.165, 1.54) is 5.56 Å². The molecule has 2 rings (SSSR count). The van der Waals surface area contributed by atoms with Gasteiger partial charge in [-0.25, -0.2) is 4.98 Å². The molecule has 0 aliphatic rings. The van der Waals surface area contributed by atoms with Crippen LogP contribution in [0.15, 0.2) is 42.7 Å². The summed E-state index contributed by atoms with van der Waals surface area (Å²) in [5, 5.41) is 0. The number of aromatic nitrogens is 2. The fourth-order valence-corrected chi connectivity index (χ4v) is 1.90. The molecular weight excluding hydrogens is 243 g/mol. The minimum Gasteiger partial charge on any atom is -0.327 e. The van der Waals surface area contributed by atoms with E-state index in [0.29, 0.717) is 5.88 Å². The van der Waals surface area contributed by atoms with Crippen LogP contribution in [0.3, 0.4) is 0 Å². The first-order chi connectivity index (χ1) is 7.33. The van der Waals surface area contributed by atoms with Gasteiger partial charge in [-0.05, 0) is 12.5 Å². The molecule has 0 aliphatic carbocycles. The maximum absolute atomic E-state index is 5.82. The summed E-state index contributed by atoms with van der Waals surface area (Å²) in [4.78, 5) is 4.21. The Morgan fingerprint density at radius 3 is 2.62 bits per heavy atom. The van der Waals surface area contributed by atoms with Crippen molar-refractivity contribution in [3.8, 4) is 0 Å². The monoisotopic (exact) mass is 256 g/mol. The summed E-state index contributed by atoms with van der Waals surface area (Å²) >= 11 is 5.82. The molecule has 0 bridgehead atoms. The summed E-state index contributed by atoms with van der Waals surface area (Å²) in [5.74, 6) is 1.36. The molecule has 0 radical (unpaired) electrons. The molecule has 0 amide bonds. The van der Waals surface area contributed by atoms with Crippen LogP contribution >= 0.6 is 24.0 Å². The zero-order valence-corrected chi connectivity index (χ0v) is 10.6. The van der Waals surface area contributed by atoms with Crippen LogP contribution < -0.4 is 0 Å². The molecule has 1 heterocycles. The van der Waals surface area contributed by atoms with Crippen LogP contribution in [0.2, 0.25) is 0 Å². The number of halogens is 2. The van der Waals surface area contributed by atoms with Gasteiger partial charge in [0.15, 0.2) is 0 Å². The summed E-state index contributed by atoms with van der Waals surface area (Å²) in [7, 11) is 0. The molecule has 0 spiro atoms. The number of hydrogen-bond acceptors (Lipinski definition) is 1. The molecule has 4 heteroatoms. The molecule has 0 N–H and O–H groups in total. The first-order valence-electron chi connectivity index (χ1n) is 4.95. The fourth-order valence-electron chi connectivity index (χ4n) is 1.69. The fraction of sp³-hybridized carbons (Fsp3) is 0.250. The molecule has 0 fully saturated rings. The minimum atomic E-state index is 0. The molecular formula is C12H14Cl2N2. The van der Waals surface area contributed by atoms with Crippen molar-refractivity contribution in [2.24, 2.45) is 0 Å². The van der Waals surface area contributed by atoms with Crippen molar-refractivity contribution in [2.75, 3.05) is 0 Å². The largest absolute Gasteiger partial charge is 0.327 e. The number of alkyl halides is 1. The molecule has 0 saturated heterocycles. The van der Waals surface area contributed by atoms with Gasteiger partial charge in [0, 0.05) is 12.4 Å². The number of imidazole rings is 1. The van der Waals surface area contributed by atoms with Crippen LogP contribution in [0.5, 0.6) is 0 Å². The van der Waals surface area contributed by atoms with Gasteiger partial charge in [-0.15, -0.1) is 24.0 Å². The summed E-state index contributed by atoms with van der Waals surface area (Å²) in [6.45, 7) is 2.15. The summed E-state index contributed by atoms with van der Waals surface area (Å²) < 4.78 is 2.10. The van der Waals surface area contributed by atoms with Gasteiger partial charge in [-0.3, -0.25) is 0 Å². The number of benzene rings is 1. The van der Waals surface area contributed by atoms with Crippen molar-refractivity contribution in [3.05, 3.63) is 54.1 Å². The highest BCUT2D eigenvalue weighted by Gasteiger charge is 2.10. The second kappa shape index (κ2) is 5.92. The third-order valence-electron chi connectivity index (χ3n) is 2.57. The third-order valence-corrected chi connectivity index (χ3v) is 2.81. The molecule has 2 aromatic rings. The smallest absolute Gasteiger partial charge is 0.124 e. The van der Waals surface area contributed by atoms with Gasteiger partial charge in [-0.2, -0.15) is 0 Å². The van der Waals surface area contributed by atoms with Crippen molar-refractivity contribution in [1.29, 1.82) is 0 Å². The predicted molar refractivity (Wildman–Crippen MR) is 69.3 cm³/mol. The van der Waals surface area contributed by atoms with Gasteiger partial charge < -0.3 is 4.57 Å². The lowest BCUT2D eigenvalue weighted by molar-refractivity contribution is 0.615. The second-order valence-electron chi connectivity index (χ2n) is 3.47. The molecule has 86 valence electrons. The lowest BCUT2D eigenvalue weighted by atomic mass is 10.1. The van der Waals surface area contributed by atoms with E-state index < -0.39 is 0 Å². The highest BCUT2D eigenvalue weighted by atomic mass is 35.5. The molecule has 16 heavy (non-hydrogen) atoms. The van der Waals surface area contributed by atoms with E-state index in [1.807, 2.05) is 24.4 Å². The lowest BCUT2D eigenvalue weighted by Crippen LogP contribution is -2.08. The van der Waals surface area contributed by atoms with Gasteiger partial charge in [0.05, 0.1) is 11.9 Å². The normalized spacial score (nSPS) is 11.9. The zero-order valence-electron chi connectivity index (χ0n) is 9.01. The first-order valence-corrected chi connectivity index (χ1v) is 5.49. The number of rotatable bonds is 3. The number of nitrogens with zero attached hydrogens (tertiary/aromatic N) is 2. The van der Waals surface area contributed by atoms with Gasteiger partial charge in [-0.1, -0.05) is 30.3 Å². The topological polar surface area (TPSA) is 17.8 Å². The summed E-state index contributed by atoms with van der Waals surface area (Å²) in [5.41, 5.74) is 1.27. The molecule has 1 aromatic heterocycles. The van der Waals surface area contributed by atoms with E-state index in [0.717, 1.165) is 5.82 Å². The quantitative estimate of drug-likeness (QED) is 0.767. The average Bonchev–Trinajstić information content (AvgIpc) is 2.77. The van der Waals surface area contributed by atoms with Gasteiger partial charge in [0.2, 0.25) is 0 Å². The molecule has 2 nitrogen and oxygen atoms in total. The average molecular weight is 257 g/mol. The van der Waals surface area contributed by atoms with Crippen LogP contribution in [0, 0.1) is 0 Å². The predicted octanol–water partition coefficient (Wildman–Crippen LogP) is 3.65.